The molecule has 0 aromatic heterocycles. The molecule has 0 saturated carbocycles. The second-order valence-corrected chi connectivity index (χ2v) is 1.42. The summed E-state index contributed by atoms with van der Waals surface area (Å²) < 4.78 is 19.0. The van der Waals surface area contributed by atoms with Crippen LogP contribution in [0.1, 0.15) is 0 Å². The van der Waals surface area contributed by atoms with E-state index in [2.05, 4.69) is 0 Å². The fourth-order valence-electron chi connectivity index (χ4n) is 0. The van der Waals surface area contributed by atoms with Crippen molar-refractivity contribution in [3.8, 4) is 0 Å². The zero-order valence-electron chi connectivity index (χ0n) is 3.13. The Morgan fingerprint density at radius 1 is 1.50 bits per heavy atom. The van der Waals surface area contributed by atoms with Gasteiger partial charge in [0.1, 0.15) is 0 Å². The summed E-state index contributed by atoms with van der Waals surface area (Å²) in [6.45, 7) is 0. The van der Waals surface area contributed by atoms with Gasteiger partial charge in [-0.3, -0.25) is 9.79 Å². The van der Waals surface area contributed by atoms with Gasteiger partial charge in [-0.2, -0.15) is 0 Å². The molecule has 0 saturated heterocycles. The van der Waals surface area contributed by atoms with E-state index in [9.17, 15) is 4.20 Å². The minimum absolute atomic E-state index is 0. The Balaban J connectivity index is 0. The molecular formula is H2FKO3P. The summed E-state index contributed by atoms with van der Waals surface area (Å²) in [5.41, 5.74) is 0. The fraction of sp³-hybridized carbons (Fsp3) is 0. The van der Waals surface area contributed by atoms with Crippen LogP contribution in [0.25, 0.3) is 0 Å². The van der Waals surface area contributed by atoms with Gasteiger partial charge in [0.25, 0.3) is 0 Å². The van der Waals surface area contributed by atoms with Crippen LogP contribution in [0.3, 0.4) is 0 Å². The largest absolute Gasteiger partial charge is 0.507 e. The molecule has 0 unspecified atom stereocenters. The molecule has 0 bridgehead atoms. The van der Waals surface area contributed by atoms with Crippen molar-refractivity contribution in [1.29, 1.82) is 0 Å². The molecule has 6 heavy (non-hydrogen) atoms. The first-order valence-corrected chi connectivity index (χ1v) is 2.25. The molecule has 3 nitrogen and oxygen atoms in total. The normalized spacial score (nSPS) is 9.83. The van der Waals surface area contributed by atoms with Crippen molar-refractivity contribution in [2.45, 2.75) is 0 Å². The minimum atomic E-state index is -5.14. The van der Waals surface area contributed by atoms with E-state index in [4.69, 9.17) is 14.4 Å². The summed E-state index contributed by atoms with van der Waals surface area (Å²) in [4.78, 5) is 13.9. The molecule has 0 atom stereocenters. The van der Waals surface area contributed by atoms with Gasteiger partial charge in [0.05, 0.1) is 0 Å². The Labute approximate surface area is 76.6 Å². The summed E-state index contributed by atoms with van der Waals surface area (Å²) >= 11 is 0. The van der Waals surface area contributed by atoms with Gasteiger partial charge in [-0.1, -0.05) is 0 Å². The third-order valence-corrected chi connectivity index (χ3v) is 0. The summed E-state index contributed by atoms with van der Waals surface area (Å²) in [7, 11) is -5.14. The van der Waals surface area contributed by atoms with Crippen molar-refractivity contribution < 1.29 is 18.5 Å². The molecule has 1 radical (unpaired) electrons. The maximum Gasteiger partial charge on any atom is 0.507 e. The smallest absolute Gasteiger partial charge is 0.299 e. The Bertz CT molecular complexity index is 56.9. The molecule has 0 aromatic carbocycles. The van der Waals surface area contributed by atoms with Crippen molar-refractivity contribution in [2.24, 2.45) is 0 Å². The molecule has 0 aliphatic heterocycles. The first kappa shape index (κ1) is 10.7. The Hall–Kier alpha value is 1.72. The number of hydrogen-bond acceptors (Lipinski definition) is 1. The van der Waals surface area contributed by atoms with E-state index in [1.54, 1.807) is 0 Å². The van der Waals surface area contributed by atoms with Crippen LogP contribution in [0.15, 0.2) is 0 Å². The molecule has 0 heterocycles. The van der Waals surface area contributed by atoms with Crippen molar-refractivity contribution in [1.82, 2.24) is 0 Å². The third-order valence-electron chi connectivity index (χ3n) is 0. The molecule has 2 N–H and O–H groups in total. The Kier molecular flexibility index (Phi) is 6.54. The quantitative estimate of drug-likeness (QED) is 0.357. The van der Waals surface area contributed by atoms with Crippen molar-refractivity contribution in [3.05, 3.63) is 0 Å². The maximum absolute atomic E-state index is 10.4. The topological polar surface area (TPSA) is 57.5 Å². The predicted octanol–water partition coefficient (Wildman–Crippen LogP) is -0.332. The van der Waals surface area contributed by atoms with Crippen LogP contribution in [0.2, 0.25) is 0 Å². The molecule has 0 aliphatic rings. The first-order chi connectivity index (χ1) is 2.00. The van der Waals surface area contributed by atoms with Gasteiger partial charge in [0, 0.05) is 51.4 Å². The second kappa shape index (κ2) is 3.69. The van der Waals surface area contributed by atoms with E-state index < -0.39 is 7.91 Å². The number of rotatable bonds is 0. The second-order valence-electron chi connectivity index (χ2n) is 0.473. The maximum atomic E-state index is 10.4. The van der Waals surface area contributed by atoms with E-state index in [1.165, 1.54) is 0 Å². The average molecular weight is 139 g/mol. The summed E-state index contributed by atoms with van der Waals surface area (Å²) in [6, 6.07) is 0. The third kappa shape index (κ3) is 43.2. The van der Waals surface area contributed by atoms with Crippen LogP contribution in [0.4, 0.5) is 4.20 Å². The van der Waals surface area contributed by atoms with Gasteiger partial charge in [0.15, 0.2) is 0 Å². The van der Waals surface area contributed by atoms with E-state index in [-0.39, 0.29) is 51.4 Å². The first-order valence-electron chi connectivity index (χ1n) is 0.752. The molecule has 0 aliphatic carbocycles. The van der Waals surface area contributed by atoms with Crippen LogP contribution in [0.5, 0.6) is 0 Å². The standard InChI is InChI=1S/FH2O3P.K/c1-5(2,3)4;/h(H2,2,3,4);. The van der Waals surface area contributed by atoms with E-state index in [1.807, 2.05) is 0 Å². The van der Waals surface area contributed by atoms with Crippen molar-refractivity contribution in [3.63, 3.8) is 0 Å². The number of halogens is 1. The molecule has 33 valence electrons. The summed E-state index contributed by atoms with van der Waals surface area (Å²) in [6.07, 6.45) is 0. The molecule has 0 amide bonds. The fourth-order valence-corrected chi connectivity index (χ4v) is 0. The Morgan fingerprint density at radius 3 is 1.50 bits per heavy atom. The summed E-state index contributed by atoms with van der Waals surface area (Å²) in [5.74, 6) is 0. The van der Waals surface area contributed by atoms with E-state index in [0.717, 1.165) is 0 Å². The summed E-state index contributed by atoms with van der Waals surface area (Å²) in [5, 5.41) is 0. The minimum Gasteiger partial charge on any atom is -0.299 e. The van der Waals surface area contributed by atoms with Gasteiger partial charge in [-0.05, 0) is 0 Å². The predicted molar refractivity (Wildman–Crippen MR) is 18.9 cm³/mol. The molecule has 0 fully saturated rings. The van der Waals surface area contributed by atoms with Gasteiger partial charge in [-0.15, -0.1) is 4.20 Å². The SMILES string of the molecule is O=P(O)(O)F.[K]. The van der Waals surface area contributed by atoms with Crippen molar-refractivity contribution >= 4 is 59.3 Å². The van der Waals surface area contributed by atoms with Gasteiger partial charge < -0.3 is 0 Å². The van der Waals surface area contributed by atoms with E-state index >= 15 is 0 Å². The van der Waals surface area contributed by atoms with Gasteiger partial charge in [-0.25, -0.2) is 4.57 Å². The molecule has 6 heteroatoms. The van der Waals surface area contributed by atoms with E-state index in [0.29, 0.717) is 0 Å². The average Bonchev–Trinajstić information content (AvgIpc) is 0.722. The molecule has 0 rings (SSSR count). The van der Waals surface area contributed by atoms with Crippen LogP contribution in [-0.2, 0) is 4.57 Å². The molecule has 0 aromatic rings. The van der Waals surface area contributed by atoms with Crippen LogP contribution in [-0.4, -0.2) is 61.2 Å². The van der Waals surface area contributed by atoms with Gasteiger partial charge >= 0.3 is 7.91 Å². The number of hydrogen-bond donors (Lipinski definition) is 2. The zero-order valence-corrected chi connectivity index (χ0v) is 7.15. The monoisotopic (exact) mass is 139 g/mol. The van der Waals surface area contributed by atoms with Crippen molar-refractivity contribution in [2.75, 3.05) is 0 Å². The van der Waals surface area contributed by atoms with Crippen LogP contribution < -0.4 is 0 Å². The molecule has 0 spiro atoms. The zero-order chi connectivity index (χ0) is 4.50. The Morgan fingerprint density at radius 2 is 1.50 bits per heavy atom. The van der Waals surface area contributed by atoms with Crippen LogP contribution in [0, 0.1) is 0 Å². The molecular weight excluding hydrogens is 137 g/mol. The van der Waals surface area contributed by atoms with Crippen LogP contribution >= 0.6 is 7.91 Å². The van der Waals surface area contributed by atoms with Gasteiger partial charge in [0.2, 0.25) is 0 Å².